The number of nitrogens with one attached hydrogen (secondary N) is 3. The van der Waals surface area contributed by atoms with Crippen molar-refractivity contribution in [3.05, 3.63) is 29.3 Å². The standard InChI is InChI=1S/C19H24ClN5O4/c1-29-14-2-3-15-12(8-14)9-24(16(15)26)11-19(17(27)22-18(28)23-19)10-21-13-4-6-25(20)7-5-13/h2-3,8,13,21H,4-7,9-11H2,1H3,(H2,22,23,27,28). The molecular formula is C19H24ClN5O4. The van der Waals surface area contributed by atoms with Gasteiger partial charge in [0, 0.05) is 37.8 Å². The predicted molar refractivity (Wildman–Crippen MR) is 106 cm³/mol. The van der Waals surface area contributed by atoms with Gasteiger partial charge in [0.25, 0.3) is 11.8 Å². The van der Waals surface area contributed by atoms with Crippen molar-refractivity contribution in [3.63, 3.8) is 0 Å². The minimum atomic E-state index is -1.21. The van der Waals surface area contributed by atoms with Crippen LogP contribution in [0.5, 0.6) is 5.75 Å². The van der Waals surface area contributed by atoms with E-state index >= 15 is 0 Å². The lowest BCUT2D eigenvalue weighted by atomic mass is 9.97. The topological polar surface area (TPSA) is 103 Å². The van der Waals surface area contributed by atoms with Gasteiger partial charge in [-0.05, 0) is 48.4 Å². The first-order chi connectivity index (χ1) is 13.9. The van der Waals surface area contributed by atoms with Crippen LogP contribution < -0.4 is 20.7 Å². The minimum absolute atomic E-state index is 0.0851. The van der Waals surface area contributed by atoms with Gasteiger partial charge in [-0.3, -0.25) is 14.9 Å². The lowest BCUT2D eigenvalue weighted by Gasteiger charge is -2.34. The summed E-state index contributed by atoms with van der Waals surface area (Å²) < 4.78 is 6.98. The maximum absolute atomic E-state index is 12.9. The Kier molecular flexibility index (Phi) is 5.37. The number of hydrogen-bond acceptors (Lipinski definition) is 6. The van der Waals surface area contributed by atoms with E-state index in [2.05, 4.69) is 16.0 Å². The van der Waals surface area contributed by atoms with E-state index in [0.29, 0.717) is 17.9 Å². The molecule has 3 N–H and O–H groups in total. The van der Waals surface area contributed by atoms with Crippen LogP contribution in [-0.2, 0) is 11.3 Å². The normalized spacial score (nSPS) is 25.2. The van der Waals surface area contributed by atoms with Gasteiger partial charge in [0.05, 0.1) is 13.7 Å². The molecule has 0 radical (unpaired) electrons. The maximum Gasteiger partial charge on any atom is 0.322 e. The Bertz CT molecular complexity index is 842. The van der Waals surface area contributed by atoms with Gasteiger partial charge in [-0.15, -0.1) is 0 Å². The first-order valence-corrected chi connectivity index (χ1v) is 9.98. The SMILES string of the molecule is COc1ccc2c(c1)CN(CC1(CNC3CCN(Cl)CC3)NC(=O)NC1=O)C2=O. The highest BCUT2D eigenvalue weighted by Gasteiger charge is 2.49. The van der Waals surface area contributed by atoms with Crippen molar-refractivity contribution in [2.45, 2.75) is 31.0 Å². The molecule has 2 fully saturated rings. The van der Waals surface area contributed by atoms with Crippen molar-refractivity contribution in [3.8, 4) is 5.75 Å². The summed E-state index contributed by atoms with van der Waals surface area (Å²) in [7, 11) is 1.57. The Morgan fingerprint density at radius 2 is 2.03 bits per heavy atom. The number of benzene rings is 1. The van der Waals surface area contributed by atoms with Crippen LogP contribution in [0.3, 0.4) is 0 Å². The van der Waals surface area contributed by atoms with E-state index in [0.717, 1.165) is 31.5 Å². The number of imide groups is 1. The number of carbonyl (C=O) groups is 3. The summed E-state index contributed by atoms with van der Waals surface area (Å²) in [5, 5.41) is 8.44. The van der Waals surface area contributed by atoms with Crippen LogP contribution in [0.25, 0.3) is 0 Å². The molecule has 1 atom stereocenters. The van der Waals surface area contributed by atoms with Gasteiger partial charge in [-0.1, -0.05) is 0 Å². The summed E-state index contributed by atoms with van der Waals surface area (Å²) in [5.41, 5.74) is 0.224. The maximum atomic E-state index is 12.9. The molecule has 29 heavy (non-hydrogen) atoms. The van der Waals surface area contributed by atoms with Crippen LogP contribution in [0.4, 0.5) is 4.79 Å². The summed E-state index contributed by atoms with van der Waals surface area (Å²) in [4.78, 5) is 39.0. The van der Waals surface area contributed by atoms with E-state index in [4.69, 9.17) is 16.5 Å². The third-order valence-corrected chi connectivity index (χ3v) is 6.14. The van der Waals surface area contributed by atoms with Crippen LogP contribution in [0.1, 0.15) is 28.8 Å². The van der Waals surface area contributed by atoms with Crippen molar-refractivity contribution in [2.24, 2.45) is 0 Å². The largest absolute Gasteiger partial charge is 0.497 e. The van der Waals surface area contributed by atoms with E-state index in [9.17, 15) is 14.4 Å². The summed E-state index contributed by atoms with van der Waals surface area (Å²) in [6.07, 6.45) is 1.70. The number of rotatable bonds is 6. The second-order valence-electron chi connectivity index (χ2n) is 7.74. The molecule has 9 nitrogen and oxygen atoms in total. The average Bonchev–Trinajstić information content (AvgIpc) is 3.16. The fourth-order valence-corrected chi connectivity index (χ4v) is 4.32. The molecule has 1 aromatic carbocycles. The second kappa shape index (κ2) is 7.81. The number of methoxy groups -OCH3 is 1. The van der Waals surface area contributed by atoms with Gasteiger partial charge in [-0.2, -0.15) is 0 Å². The zero-order valence-electron chi connectivity index (χ0n) is 16.2. The van der Waals surface area contributed by atoms with Crippen LogP contribution in [0, 0.1) is 0 Å². The van der Waals surface area contributed by atoms with Crippen LogP contribution in [-0.4, -0.2) is 72.0 Å². The fraction of sp³-hybridized carbons (Fsp3) is 0.526. The lowest BCUT2D eigenvalue weighted by Crippen LogP contribution is -2.62. The van der Waals surface area contributed by atoms with Crippen LogP contribution >= 0.6 is 11.8 Å². The summed E-state index contributed by atoms with van der Waals surface area (Å²) in [5.74, 6) is 0.0878. The number of urea groups is 1. The third-order valence-electron chi connectivity index (χ3n) is 5.80. The molecule has 4 rings (SSSR count). The molecule has 0 aromatic heterocycles. The Morgan fingerprint density at radius 3 is 2.69 bits per heavy atom. The summed E-state index contributed by atoms with van der Waals surface area (Å²) in [6, 6.07) is 4.95. The molecule has 1 unspecified atom stereocenters. The summed E-state index contributed by atoms with van der Waals surface area (Å²) in [6.45, 7) is 2.20. The van der Waals surface area contributed by atoms with E-state index in [1.807, 2.05) is 6.07 Å². The quantitative estimate of drug-likeness (QED) is 0.455. The highest BCUT2D eigenvalue weighted by atomic mass is 35.5. The van der Waals surface area contributed by atoms with Crippen molar-refractivity contribution in [1.82, 2.24) is 25.3 Å². The fourth-order valence-electron chi connectivity index (χ4n) is 4.13. The van der Waals surface area contributed by atoms with Gasteiger partial charge in [0.2, 0.25) is 0 Å². The zero-order valence-corrected chi connectivity index (χ0v) is 16.9. The predicted octanol–water partition coefficient (Wildman–Crippen LogP) is 0.437. The number of halogens is 1. The highest BCUT2D eigenvalue weighted by Crippen LogP contribution is 2.28. The Labute approximate surface area is 173 Å². The third kappa shape index (κ3) is 3.90. The molecule has 0 bridgehead atoms. The van der Waals surface area contributed by atoms with Gasteiger partial charge in [0.15, 0.2) is 5.54 Å². The number of amides is 4. The van der Waals surface area contributed by atoms with Crippen molar-refractivity contribution >= 4 is 29.6 Å². The lowest BCUT2D eigenvalue weighted by molar-refractivity contribution is -0.124. The van der Waals surface area contributed by atoms with E-state index < -0.39 is 17.5 Å². The monoisotopic (exact) mass is 421 g/mol. The summed E-state index contributed by atoms with van der Waals surface area (Å²) >= 11 is 6.01. The number of fused-ring (bicyclic) bond motifs is 1. The molecule has 0 spiro atoms. The first-order valence-electron chi connectivity index (χ1n) is 9.64. The minimum Gasteiger partial charge on any atom is -0.497 e. The van der Waals surface area contributed by atoms with E-state index in [1.54, 1.807) is 28.6 Å². The molecule has 3 heterocycles. The Hall–Kier alpha value is -2.36. The van der Waals surface area contributed by atoms with Gasteiger partial charge in [0.1, 0.15) is 5.75 Å². The first kappa shape index (κ1) is 19.9. The molecule has 3 aliphatic heterocycles. The molecular weight excluding hydrogens is 398 g/mol. The molecule has 10 heteroatoms. The van der Waals surface area contributed by atoms with E-state index in [-0.39, 0.29) is 25.0 Å². The second-order valence-corrected chi connectivity index (χ2v) is 8.22. The molecule has 0 aliphatic carbocycles. The molecule has 0 saturated carbocycles. The molecule has 156 valence electrons. The molecule has 3 aliphatic rings. The highest BCUT2D eigenvalue weighted by molar-refractivity contribution is 6.13. The van der Waals surface area contributed by atoms with Gasteiger partial charge < -0.3 is 20.3 Å². The number of hydrogen-bond donors (Lipinski definition) is 3. The van der Waals surface area contributed by atoms with Crippen molar-refractivity contribution < 1.29 is 19.1 Å². The number of carbonyl (C=O) groups excluding carboxylic acids is 3. The van der Waals surface area contributed by atoms with Crippen LogP contribution in [0.2, 0.25) is 0 Å². The number of piperidine rings is 1. The Balaban J connectivity index is 1.49. The number of nitrogens with zero attached hydrogens (tertiary/aromatic N) is 2. The molecule has 4 amide bonds. The molecule has 1 aromatic rings. The van der Waals surface area contributed by atoms with Gasteiger partial charge >= 0.3 is 6.03 Å². The number of ether oxygens (including phenoxy) is 1. The smallest absolute Gasteiger partial charge is 0.322 e. The average molecular weight is 422 g/mol. The zero-order chi connectivity index (χ0) is 20.6. The Morgan fingerprint density at radius 1 is 1.28 bits per heavy atom. The van der Waals surface area contributed by atoms with Crippen molar-refractivity contribution in [1.29, 1.82) is 0 Å². The molecule has 2 saturated heterocycles. The van der Waals surface area contributed by atoms with Crippen LogP contribution in [0.15, 0.2) is 18.2 Å². The van der Waals surface area contributed by atoms with E-state index in [1.165, 1.54) is 0 Å². The van der Waals surface area contributed by atoms with Crippen molar-refractivity contribution in [2.75, 3.05) is 33.3 Å². The van der Waals surface area contributed by atoms with Gasteiger partial charge in [-0.25, -0.2) is 9.21 Å².